The van der Waals surface area contributed by atoms with Crippen LogP contribution in [0, 0.1) is 17.1 Å². The molecule has 1 aromatic carbocycles. The van der Waals surface area contributed by atoms with Gasteiger partial charge in [-0.2, -0.15) is 0 Å². The highest BCUT2D eigenvalue weighted by Gasteiger charge is 2.31. The van der Waals surface area contributed by atoms with Crippen LogP contribution < -0.4 is 16.4 Å². The third-order valence-electron chi connectivity index (χ3n) is 4.06. The van der Waals surface area contributed by atoms with Crippen LogP contribution in [0.25, 0.3) is 0 Å². The quantitative estimate of drug-likeness (QED) is 0.382. The fraction of sp³-hybridized carbons (Fsp3) is 0.353. The lowest BCUT2D eigenvalue weighted by atomic mass is 9.92. The molecule has 0 radical (unpaired) electrons. The molecule has 1 heterocycles. The molecule has 0 fully saturated rings. The zero-order valence-corrected chi connectivity index (χ0v) is 15.5. The minimum Gasteiger partial charge on any atom is -0.484 e. The van der Waals surface area contributed by atoms with Gasteiger partial charge in [0, 0.05) is 6.04 Å². The predicted molar refractivity (Wildman–Crippen MR) is 100 cm³/mol. The van der Waals surface area contributed by atoms with E-state index >= 15 is 0 Å². The van der Waals surface area contributed by atoms with Crippen molar-refractivity contribution in [1.29, 1.82) is 5.41 Å². The Morgan fingerprint density at radius 1 is 1.56 bits per heavy atom. The lowest BCUT2D eigenvalue weighted by Gasteiger charge is -2.27. The number of halogens is 2. The maximum Gasteiger partial charge on any atom is 0.320 e. The molecular weight excluding hydrogens is 377 g/mol. The van der Waals surface area contributed by atoms with Gasteiger partial charge in [0.15, 0.2) is 5.90 Å². The summed E-state index contributed by atoms with van der Waals surface area (Å²) in [4.78, 5) is 16.3. The first-order valence-corrected chi connectivity index (χ1v) is 8.45. The highest BCUT2D eigenvalue weighted by atomic mass is 35.5. The Balaban J connectivity index is 2.05. The molecule has 2 unspecified atom stereocenters. The second-order valence-corrected chi connectivity index (χ2v) is 6.34. The zero-order valence-electron chi connectivity index (χ0n) is 14.8. The molecule has 27 heavy (non-hydrogen) atoms. The van der Waals surface area contributed by atoms with Gasteiger partial charge in [-0.3, -0.25) is 10.7 Å². The summed E-state index contributed by atoms with van der Waals surface area (Å²) in [5.74, 6) is -1.27. The number of rotatable bonds is 5. The van der Waals surface area contributed by atoms with E-state index in [1.807, 2.05) is 0 Å². The summed E-state index contributed by atoms with van der Waals surface area (Å²) in [6.07, 6.45) is 1.46. The summed E-state index contributed by atoms with van der Waals surface area (Å²) in [7, 11) is 1.33. The highest BCUT2D eigenvalue weighted by molar-refractivity contribution is 6.30. The average molecular weight is 398 g/mol. The summed E-state index contributed by atoms with van der Waals surface area (Å²) >= 11 is 5.65. The number of aliphatic hydroxyl groups excluding tert-OH is 1. The molecule has 1 aliphatic heterocycles. The zero-order chi connectivity index (χ0) is 20.1. The Labute approximate surface area is 160 Å². The number of nitrogens with zero attached hydrogens (tertiary/aromatic N) is 1. The van der Waals surface area contributed by atoms with E-state index in [0.29, 0.717) is 5.56 Å². The lowest BCUT2D eigenvalue weighted by molar-refractivity contribution is 0.240. The second kappa shape index (κ2) is 8.94. The van der Waals surface area contributed by atoms with Crippen LogP contribution in [0.1, 0.15) is 18.5 Å². The Bertz CT molecular complexity index is 799. The molecule has 2 amide bonds. The number of carbonyl (C=O) groups excluding carboxylic acids is 1. The molecule has 3 atom stereocenters. The number of urea groups is 1. The first-order valence-electron chi connectivity index (χ1n) is 8.07. The summed E-state index contributed by atoms with van der Waals surface area (Å²) in [5, 5.41) is 22.4. The number of methoxy groups -OCH3 is 1. The van der Waals surface area contributed by atoms with E-state index in [1.54, 1.807) is 13.0 Å². The molecule has 0 saturated carbocycles. The molecule has 0 saturated heterocycles. The third-order valence-corrected chi connectivity index (χ3v) is 4.36. The van der Waals surface area contributed by atoms with Crippen LogP contribution in [-0.2, 0) is 4.74 Å². The van der Waals surface area contributed by atoms with Gasteiger partial charge < -0.3 is 20.9 Å². The molecule has 2 rings (SSSR count). The van der Waals surface area contributed by atoms with Crippen molar-refractivity contribution in [2.45, 2.75) is 19.0 Å². The molecule has 0 aromatic heterocycles. The first kappa shape index (κ1) is 20.8. The molecule has 1 aliphatic rings. The number of ether oxygens (including phenoxy) is 1. The second-order valence-electron chi connectivity index (χ2n) is 5.93. The Kier molecular flexibility index (Phi) is 6.89. The van der Waals surface area contributed by atoms with Gasteiger partial charge in [-0.15, -0.1) is 0 Å². The van der Waals surface area contributed by atoms with Gasteiger partial charge in [-0.1, -0.05) is 17.7 Å². The van der Waals surface area contributed by atoms with Crippen LogP contribution in [0.15, 0.2) is 35.1 Å². The molecule has 0 spiro atoms. The van der Waals surface area contributed by atoms with Crippen LogP contribution in [0.5, 0.6) is 0 Å². The fourth-order valence-electron chi connectivity index (χ4n) is 2.63. The number of hydrogen-bond acceptors (Lipinski definition) is 6. The van der Waals surface area contributed by atoms with Gasteiger partial charge in [0.2, 0.25) is 0 Å². The van der Waals surface area contributed by atoms with Gasteiger partial charge in [0.1, 0.15) is 11.6 Å². The van der Waals surface area contributed by atoms with Crippen LogP contribution in [-0.4, -0.2) is 42.5 Å². The van der Waals surface area contributed by atoms with E-state index in [-0.39, 0.29) is 22.5 Å². The van der Waals surface area contributed by atoms with Crippen molar-refractivity contribution < 1.29 is 19.0 Å². The van der Waals surface area contributed by atoms with Crippen molar-refractivity contribution in [3.63, 3.8) is 0 Å². The Morgan fingerprint density at radius 3 is 2.85 bits per heavy atom. The molecule has 10 heteroatoms. The maximum atomic E-state index is 13.6. The van der Waals surface area contributed by atoms with Gasteiger partial charge in [-0.25, -0.2) is 14.2 Å². The number of carbonyl (C=O) groups is 1. The molecule has 8 nitrogen and oxygen atoms in total. The van der Waals surface area contributed by atoms with Crippen LogP contribution in [0.2, 0.25) is 5.02 Å². The predicted octanol–water partition coefficient (Wildman–Crippen LogP) is 1.69. The Morgan fingerprint density at radius 2 is 2.26 bits per heavy atom. The van der Waals surface area contributed by atoms with E-state index in [1.165, 1.54) is 25.3 Å². The molecule has 0 aliphatic carbocycles. The summed E-state index contributed by atoms with van der Waals surface area (Å²) in [5.41, 5.74) is 6.74. The van der Waals surface area contributed by atoms with Crippen molar-refractivity contribution >= 4 is 29.2 Å². The number of benzene rings is 1. The molecule has 146 valence electrons. The van der Waals surface area contributed by atoms with Crippen molar-refractivity contribution in [1.82, 2.24) is 10.6 Å². The van der Waals surface area contributed by atoms with Gasteiger partial charge in [0.05, 0.1) is 36.4 Å². The third kappa shape index (κ3) is 5.03. The number of hydrogen-bond donors (Lipinski definition) is 5. The van der Waals surface area contributed by atoms with Gasteiger partial charge in [0.25, 0.3) is 0 Å². The monoisotopic (exact) mass is 397 g/mol. The number of amides is 2. The Hall–Kier alpha value is -2.49. The number of nitrogens with one attached hydrogen (secondary N) is 3. The summed E-state index contributed by atoms with van der Waals surface area (Å²) < 4.78 is 18.4. The summed E-state index contributed by atoms with van der Waals surface area (Å²) in [6.45, 7) is 1.24. The first-order chi connectivity index (χ1) is 12.8. The fourth-order valence-corrected chi connectivity index (χ4v) is 2.75. The van der Waals surface area contributed by atoms with E-state index in [2.05, 4.69) is 15.6 Å². The summed E-state index contributed by atoms with van der Waals surface area (Å²) in [6, 6.07) is 2.48. The molecular formula is C17H21ClFN5O3. The van der Waals surface area contributed by atoms with Crippen LogP contribution in [0.4, 0.5) is 9.18 Å². The number of aliphatic hydroxyl groups is 1. The topological polar surface area (TPSA) is 133 Å². The van der Waals surface area contributed by atoms with Gasteiger partial charge >= 0.3 is 6.03 Å². The van der Waals surface area contributed by atoms with E-state index in [4.69, 9.17) is 27.5 Å². The normalized spacial score (nSPS) is 20.2. The van der Waals surface area contributed by atoms with Crippen molar-refractivity contribution in [3.8, 4) is 0 Å². The van der Waals surface area contributed by atoms with E-state index in [0.717, 1.165) is 0 Å². The smallest absolute Gasteiger partial charge is 0.320 e. The van der Waals surface area contributed by atoms with Crippen molar-refractivity contribution in [2.24, 2.45) is 16.6 Å². The van der Waals surface area contributed by atoms with Crippen LogP contribution >= 0.6 is 11.6 Å². The highest BCUT2D eigenvalue weighted by Crippen LogP contribution is 2.20. The van der Waals surface area contributed by atoms with Gasteiger partial charge in [-0.05, 0) is 30.7 Å². The number of aliphatic imine (C=N–C) groups is 1. The minimum absolute atomic E-state index is 0.00111. The molecule has 0 bridgehead atoms. The SMILES string of the molecule is COC(=N)C1C(CO)=NC(NC(=O)N[C@H](C)c2ccc(Cl)c(F)c2)=CC1N. The molecule has 1 aromatic rings. The van der Waals surface area contributed by atoms with E-state index in [9.17, 15) is 14.3 Å². The standard InChI is InChI=1S/C17H21ClFN5O3/c1-8(9-3-4-10(18)11(19)5-9)22-17(26)24-14-6-12(20)15(16(21)27-2)13(7-25)23-14/h3-6,8,12,15,21,25H,7,20H2,1-2H3,(H2,22,24,26)/t8-,12?,15?/m1/s1. The minimum atomic E-state index is -0.704. The van der Waals surface area contributed by atoms with E-state index < -0.39 is 36.5 Å². The van der Waals surface area contributed by atoms with Crippen LogP contribution in [0.3, 0.4) is 0 Å². The van der Waals surface area contributed by atoms with Crippen molar-refractivity contribution in [2.75, 3.05) is 13.7 Å². The molecule has 6 N–H and O–H groups in total. The largest absolute Gasteiger partial charge is 0.484 e. The number of nitrogens with two attached hydrogens (primary N) is 1. The average Bonchev–Trinajstić information content (AvgIpc) is 2.62. The lowest BCUT2D eigenvalue weighted by Crippen LogP contribution is -2.46. The van der Waals surface area contributed by atoms with Crippen molar-refractivity contribution in [3.05, 3.63) is 46.5 Å². The maximum absolute atomic E-state index is 13.6.